The van der Waals surface area contributed by atoms with E-state index < -0.39 is 38.1 Å². The molecule has 0 aliphatic rings. The second-order valence-electron chi connectivity index (χ2n) is 2.80. The summed E-state index contributed by atoms with van der Waals surface area (Å²) < 4.78 is 30.4. The van der Waals surface area contributed by atoms with Crippen LogP contribution < -0.4 is 0 Å². The Kier molecular flexibility index (Phi) is 5.30. The van der Waals surface area contributed by atoms with E-state index in [1.165, 1.54) is 0 Å². The maximum atomic E-state index is 10.8. The fraction of sp³-hybridized carbons (Fsp3) is 0. The molecule has 7 nitrogen and oxygen atoms in total. The first-order valence-corrected chi connectivity index (χ1v) is 5.25. The molecule has 0 fully saturated rings. The van der Waals surface area contributed by atoms with Crippen LogP contribution >= 0.6 is 0 Å². The quantitative estimate of drug-likeness (QED) is 0.507. The van der Waals surface area contributed by atoms with Crippen LogP contribution in [0.4, 0.5) is 0 Å². The first-order chi connectivity index (χ1) is 7.23. The molecule has 3 N–H and O–H groups in total. The Bertz CT molecular complexity index is 563. The van der Waals surface area contributed by atoms with Crippen LogP contribution in [0.3, 0.4) is 0 Å². The molecule has 0 amide bonds. The molecule has 0 saturated heterocycles. The molecule has 0 aliphatic heterocycles. The summed E-state index contributed by atoms with van der Waals surface area (Å²) in [6, 6.07) is 2.32. The van der Waals surface area contributed by atoms with E-state index >= 15 is 0 Å². The van der Waals surface area contributed by atoms with Gasteiger partial charge in [-0.2, -0.15) is 8.42 Å². The second-order valence-corrected chi connectivity index (χ2v) is 4.19. The first kappa shape index (κ1) is 16.1. The average Bonchev–Trinajstić information content (AvgIpc) is 2.15. The first-order valence-electron chi connectivity index (χ1n) is 3.81. The van der Waals surface area contributed by atoms with E-state index in [2.05, 4.69) is 0 Å². The van der Waals surface area contributed by atoms with Gasteiger partial charge in [0.05, 0.1) is 11.1 Å². The molecule has 0 heterocycles. The zero-order valence-electron chi connectivity index (χ0n) is 7.61. The van der Waals surface area contributed by atoms with Crippen molar-refractivity contribution in [2.75, 3.05) is 0 Å². The van der Waals surface area contributed by atoms with Crippen molar-refractivity contribution in [1.82, 2.24) is 0 Å². The average molecular weight is 270 g/mol. The fourth-order valence-corrected chi connectivity index (χ4v) is 1.75. The number of carboxylic acids is 2. The van der Waals surface area contributed by atoms with Crippen molar-refractivity contribution in [1.29, 1.82) is 0 Å². The van der Waals surface area contributed by atoms with Crippen molar-refractivity contribution < 1.29 is 32.8 Å². The second kappa shape index (κ2) is 5.61. The Balaban J connectivity index is 0.00000256. The van der Waals surface area contributed by atoms with Crippen LogP contribution in [0, 0.1) is 0 Å². The number of carboxylic acid groups (broad SMARTS) is 2. The molecule has 9 heteroatoms. The van der Waals surface area contributed by atoms with Crippen molar-refractivity contribution in [2.24, 2.45) is 0 Å². The van der Waals surface area contributed by atoms with Gasteiger partial charge in [0, 0.05) is 0 Å². The predicted molar refractivity (Wildman–Crippen MR) is 57.3 cm³/mol. The SMILES string of the molecule is O=C(O)c1ccc(C(=O)O)c(S(=O)(=O)O)c1.[NaH]. The molecule has 17 heavy (non-hydrogen) atoms. The summed E-state index contributed by atoms with van der Waals surface area (Å²) in [5, 5.41) is 17.2. The van der Waals surface area contributed by atoms with E-state index in [-0.39, 0.29) is 29.6 Å². The van der Waals surface area contributed by atoms with Gasteiger partial charge in [-0.15, -0.1) is 0 Å². The van der Waals surface area contributed by atoms with Gasteiger partial charge in [-0.25, -0.2) is 9.59 Å². The van der Waals surface area contributed by atoms with Gasteiger partial charge in [0.15, 0.2) is 0 Å². The Morgan fingerprint density at radius 2 is 1.59 bits per heavy atom. The van der Waals surface area contributed by atoms with Crippen LogP contribution in [0.5, 0.6) is 0 Å². The van der Waals surface area contributed by atoms with Crippen LogP contribution in [-0.4, -0.2) is 64.7 Å². The number of hydrogen-bond acceptors (Lipinski definition) is 4. The molecule has 1 aromatic rings. The molecule has 0 atom stereocenters. The van der Waals surface area contributed by atoms with Crippen molar-refractivity contribution in [2.45, 2.75) is 4.90 Å². The summed E-state index contributed by atoms with van der Waals surface area (Å²) in [5.41, 5.74) is -1.12. The van der Waals surface area contributed by atoms with Crippen LogP contribution in [0.25, 0.3) is 0 Å². The summed E-state index contributed by atoms with van der Waals surface area (Å²) in [7, 11) is -4.78. The molecule has 0 spiro atoms. The summed E-state index contributed by atoms with van der Waals surface area (Å²) in [6.07, 6.45) is 0. The Morgan fingerprint density at radius 1 is 1.06 bits per heavy atom. The fourth-order valence-electron chi connectivity index (χ4n) is 1.05. The number of benzene rings is 1. The van der Waals surface area contributed by atoms with Gasteiger partial charge in [-0.3, -0.25) is 4.55 Å². The third kappa shape index (κ3) is 3.79. The third-order valence-corrected chi connectivity index (χ3v) is 2.63. The van der Waals surface area contributed by atoms with E-state index in [1.807, 2.05) is 0 Å². The topological polar surface area (TPSA) is 129 Å². The van der Waals surface area contributed by atoms with Crippen molar-refractivity contribution in [3.05, 3.63) is 29.3 Å². The Morgan fingerprint density at radius 3 is 1.94 bits per heavy atom. The molecule has 88 valence electrons. The van der Waals surface area contributed by atoms with E-state index in [9.17, 15) is 18.0 Å². The van der Waals surface area contributed by atoms with Crippen molar-refractivity contribution in [3.8, 4) is 0 Å². The van der Waals surface area contributed by atoms with Gasteiger partial charge in [-0.1, -0.05) is 0 Å². The molecule has 0 radical (unpaired) electrons. The summed E-state index contributed by atoms with van der Waals surface area (Å²) in [4.78, 5) is 20.2. The number of hydrogen-bond donors (Lipinski definition) is 3. The van der Waals surface area contributed by atoms with E-state index in [0.29, 0.717) is 6.07 Å². The zero-order chi connectivity index (χ0) is 12.5. The molecule has 1 rings (SSSR count). The van der Waals surface area contributed by atoms with E-state index in [0.717, 1.165) is 12.1 Å². The van der Waals surface area contributed by atoms with Crippen LogP contribution in [0.15, 0.2) is 23.1 Å². The number of rotatable bonds is 3. The maximum absolute atomic E-state index is 10.8. The van der Waals surface area contributed by atoms with Gasteiger partial charge in [-0.05, 0) is 18.2 Å². The van der Waals surface area contributed by atoms with E-state index in [4.69, 9.17) is 14.8 Å². The number of aromatic carboxylic acids is 2. The molecule has 0 aromatic heterocycles. The van der Waals surface area contributed by atoms with Crippen LogP contribution in [0.1, 0.15) is 20.7 Å². The van der Waals surface area contributed by atoms with Gasteiger partial charge < -0.3 is 10.2 Å². The van der Waals surface area contributed by atoms with Gasteiger partial charge in [0.1, 0.15) is 4.90 Å². The van der Waals surface area contributed by atoms with Crippen LogP contribution in [-0.2, 0) is 10.1 Å². The minimum absolute atomic E-state index is 0. The minimum atomic E-state index is -4.78. The van der Waals surface area contributed by atoms with Gasteiger partial charge in [0.2, 0.25) is 0 Å². The van der Waals surface area contributed by atoms with Crippen molar-refractivity contribution >= 4 is 51.6 Å². The summed E-state index contributed by atoms with van der Waals surface area (Å²) in [5.74, 6) is -3.01. The molecular formula is C8H7NaO7S. The van der Waals surface area contributed by atoms with E-state index in [1.54, 1.807) is 0 Å². The molecule has 0 saturated carbocycles. The number of carbonyl (C=O) groups is 2. The summed E-state index contributed by atoms with van der Waals surface area (Å²) in [6.45, 7) is 0. The predicted octanol–water partition coefficient (Wildman–Crippen LogP) is -0.319. The zero-order valence-corrected chi connectivity index (χ0v) is 8.43. The molecule has 0 aliphatic carbocycles. The van der Waals surface area contributed by atoms with Crippen LogP contribution in [0.2, 0.25) is 0 Å². The molecule has 0 unspecified atom stereocenters. The normalized spacial score (nSPS) is 10.4. The van der Waals surface area contributed by atoms with Gasteiger partial charge >= 0.3 is 41.5 Å². The molecular weight excluding hydrogens is 263 g/mol. The van der Waals surface area contributed by atoms with Gasteiger partial charge in [0.25, 0.3) is 10.1 Å². The third-order valence-electron chi connectivity index (χ3n) is 1.74. The Hall–Kier alpha value is -0.930. The summed E-state index contributed by atoms with van der Waals surface area (Å²) >= 11 is 0. The standard InChI is InChI=1S/C8H6O7S.Na.H/c9-7(10)4-1-2-5(8(11)12)6(3-4)16(13,14)15;;/h1-3H,(H,9,10)(H,11,12)(H,13,14,15);;. The van der Waals surface area contributed by atoms with Crippen molar-refractivity contribution in [3.63, 3.8) is 0 Å². The Labute approximate surface area is 118 Å². The molecule has 0 bridgehead atoms. The monoisotopic (exact) mass is 270 g/mol. The molecule has 1 aromatic carbocycles.